The first-order chi connectivity index (χ1) is 29.1. The number of hydrogen-bond donors (Lipinski definition) is 1. The zero-order valence-corrected chi connectivity index (χ0v) is 37.4. The van der Waals surface area contributed by atoms with Crippen LogP contribution in [0.15, 0.2) is 109 Å². The number of aromatic nitrogens is 2. The van der Waals surface area contributed by atoms with E-state index in [9.17, 15) is 19.2 Å². The lowest BCUT2D eigenvalue weighted by Crippen LogP contribution is -2.28. The number of halogens is 2. The fraction of sp³-hybridized carbons (Fsp3) is 0.261. The summed E-state index contributed by atoms with van der Waals surface area (Å²) in [5.74, 6) is 1.26. The minimum absolute atomic E-state index is 0. The number of nitrogens with zero attached hydrogens (tertiary/aromatic N) is 4. The van der Waals surface area contributed by atoms with E-state index < -0.39 is 0 Å². The van der Waals surface area contributed by atoms with Gasteiger partial charge in [0.25, 0.3) is 0 Å². The average Bonchev–Trinajstić information content (AvgIpc) is 3.27. The minimum Gasteiger partial charge on any atom is -0.492 e. The van der Waals surface area contributed by atoms with Gasteiger partial charge in [0.15, 0.2) is 33.5 Å². The van der Waals surface area contributed by atoms with E-state index in [1.807, 2.05) is 112 Å². The minimum atomic E-state index is -0.223. The number of likely N-dealkylation sites (N-methyl/N-ethyl adjacent to an activating group) is 1. The topological polar surface area (TPSA) is 157 Å². The first kappa shape index (κ1) is 45.0. The third-order valence-electron chi connectivity index (χ3n) is 9.92. The highest BCUT2D eigenvalue weighted by molar-refractivity contribution is 14.1. The van der Waals surface area contributed by atoms with Crippen molar-refractivity contribution in [2.45, 2.75) is 21.3 Å². The second-order valence-electron chi connectivity index (χ2n) is 13.7. The third-order valence-corrected chi connectivity index (χ3v) is 11.2. The maximum atomic E-state index is 12.7. The Kier molecular flexibility index (Phi) is 15.0. The van der Waals surface area contributed by atoms with Crippen LogP contribution in [0.2, 0.25) is 0 Å². The van der Waals surface area contributed by atoms with Gasteiger partial charge in [-0.2, -0.15) is 0 Å². The predicted molar refractivity (Wildman–Crippen MR) is 260 cm³/mol. The molecule has 0 aromatic heterocycles. The Balaban J connectivity index is 0.000000202. The van der Waals surface area contributed by atoms with Crippen molar-refractivity contribution in [2.75, 3.05) is 65.1 Å². The van der Waals surface area contributed by atoms with Crippen molar-refractivity contribution in [1.29, 1.82) is 0 Å². The van der Waals surface area contributed by atoms with Crippen molar-refractivity contribution in [3.8, 4) is 28.7 Å². The summed E-state index contributed by atoms with van der Waals surface area (Å²) in [5, 5.41) is 5.43. The molecule has 15 heteroatoms. The monoisotopic (exact) mass is 1050 g/mol. The molecule has 0 bridgehead atoms. The molecule has 4 aliphatic rings. The Morgan fingerprint density at radius 3 is 1.92 bits per heavy atom. The summed E-state index contributed by atoms with van der Waals surface area (Å²) in [4.78, 5) is 61.4. The molecule has 61 heavy (non-hydrogen) atoms. The summed E-state index contributed by atoms with van der Waals surface area (Å²) in [5.41, 5.74) is 5.71. The van der Waals surface area contributed by atoms with Crippen LogP contribution in [0.25, 0.3) is 66.7 Å². The van der Waals surface area contributed by atoms with Gasteiger partial charge in [-0.1, -0.05) is 76.9 Å². The molecular weight excluding hydrogens is 1000 g/mol. The molecule has 0 radical (unpaired) electrons. The van der Waals surface area contributed by atoms with Crippen molar-refractivity contribution in [3.63, 3.8) is 0 Å². The third kappa shape index (κ3) is 10.2. The summed E-state index contributed by atoms with van der Waals surface area (Å²) in [6.45, 7) is 7.62. The molecule has 0 fully saturated rings. The van der Waals surface area contributed by atoms with E-state index >= 15 is 0 Å². The molecule has 8 rings (SSSR count). The lowest BCUT2D eigenvalue weighted by molar-refractivity contribution is -0.139. The van der Waals surface area contributed by atoms with Crippen LogP contribution in [0, 0.1) is 0 Å². The quantitative estimate of drug-likeness (QED) is 0.0293. The molecule has 4 aromatic rings. The lowest BCUT2D eigenvalue weighted by Gasteiger charge is -2.21. The van der Waals surface area contributed by atoms with E-state index in [4.69, 9.17) is 28.3 Å². The Labute approximate surface area is 379 Å². The Morgan fingerprint density at radius 1 is 0.705 bits per heavy atom. The summed E-state index contributed by atoms with van der Waals surface area (Å²) in [6, 6.07) is 27.3. The first-order valence-electron chi connectivity index (χ1n) is 19.3. The Morgan fingerprint density at radius 2 is 1.30 bits per heavy atom. The number of ether oxygens (including phenoxy) is 2. The van der Waals surface area contributed by atoms with E-state index in [2.05, 4.69) is 24.1 Å². The maximum Gasteiger partial charge on any atom is 0.315 e. The summed E-state index contributed by atoms with van der Waals surface area (Å²) in [6.07, 6.45) is 0. The van der Waals surface area contributed by atoms with Crippen molar-refractivity contribution >= 4 is 112 Å². The number of anilines is 2. The van der Waals surface area contributed by atoms with Gasteiger partial charge in [-0.3, -0.25) is 19.2 Å². The van der Waals surface area contributed by atoms with Gasteiger partial charge < -0.3 is 33.4 Å². The van der Waals surface area contributed by atoms with Gasteiger partial charge in [-0.05, 0) is 56.3 Å². The number of alkyl halides is 2. The predicted octanol–water partition coefficient (Wildman–Crippen LogP) is 8.72. The second-order valence-corrected chi connectivity index (χ2v) is 15.2. The first-order valence-corrected chi connectivity index (χ1v) is 22.4. The molecule has 13 nitrogen and oxygen atoms in total. The zero-order valence-electron chi connectivity index (χ0n) is 33.1. The largest absolute Gasteiger partial charge is 0.492 e. The van der Waals surface area contributed by atoms with Crippen molar-refractivity contribution < 1.29 is 27.9 Å². The number of hydrogen-bond acceptors (Lipinski definition) is 12. The molecule has 2 heterocycles. The molecule has 0 saturated carbocycles. The summed E-state index contributed by atoms with van der Waals surface area (Å²) < 4.78 is 23.8. The van der Waals surface area contributed by atoms with Gasteiger partial charge in [0.05, 0.1) is 21.9 Å². The fourth-order valence-electron chi connectivity index (χ4n) is 6.84. The lowest BCUT2D eigenvalue weighted by atomic mass is 10.0. The van der Waals surface area contributed by atoms with Gasteiger partial charge >= 0.3 is 5.97 Å². The highest BCUT2D eigenvalue weighted by atomic mass is 127. The van der Waals surface area contributed by atoms with E-state index in [0.717, 1.165) is 35.4 Å². The Bertz CT molecular complexity index is 2900. The number of carbonyl (C=O) groups excluding carboxylic acids is 2. The number of benzene rings is 6. The van der Waals surface area contributed by atoms with Crippen LogP contribution < -0.4 is 30.7 Å². The van der Waals surface area contributed by atoms with Crippen LogP contribution in [-0.4, -0.2) is 77.1 Å². The van der Waals surface area contributed by atoms with E-state index in [1.54, 1.807) is 24.3 Å². The van der Waals surface area contributed by atoms with Crippen molar-refractivity contribution in [3.05, 3.63) is 111 Å². The highest BCUT2D eigenvalue weighted by Gasteiger charge is 2.19. The number of esters is 1. The van der Waals surface area contributed by atoms with E-state index in [-0.39, 0.29) is 30.2 Å². The fourth-order valence-corrected chi connectivity index (χ4v) is 7.33. The van der Waals surface area contributed by atoms with Crippen molar-refractivity contribution in [1.82, 2.24) is 15.3 Å². The number of fused-ring (bicyclic) bond motifs is 8. The molecule has 0 unspecified atom stereocenters. The SMILES string of the molecule is C.CCN(CC)c1ccc2nc3c4cc(OCCNC(=O)CI)ccc4c(=O)cc-3oc2c1.CN(CCOC(=O)CI)c1ccc2nc3c4ccccc4c(=O)cc-3oc2c1. The molecule has 0 spiro atoms. The molecule has 2 aliphatic heterocycles. The van der Waals surface area contributed by atoms with Gasteiger partial charge in [0.1, 0.15) is 41.4 Å². The van der Waals surface area contributed by atoms with Crippen LogP contribution in [0.5, 0.6) is 5.75 Å². The van der Waals surface area contributed by atoms with Gasteiger partial charge in [0.2, 0.25) is 5.91 Å². The van der Waals surface area contributed by atoms with Crippen molar-refractivity contribution in [2.24, 2.45) is 0 Å². The molecule has 0 saturated heterocycles. The molecule has 1 N–H and O–H groups in total. The van der Waals surface area contributed by atoms with Crippen LogP contribution in [0.1, 0.15) is 21.3 Å². The summed E-state index contributed by atoms with van der Waals surface area (Å²) >= 11 is 3.99. The maximum absolute atomic E-state index is 12.7. The molecule has 2 aliphatic carbocycles. The number of amides is 1. The van der Waals surface area contributed by atoms with Gasteiger partial charge in [-0.25, -0.2) is 9.97 Å². The zero-order chi connectivity index (χ0) is 42.3. The molecule has 1 amide bonds. The highest BCUT2D eigenvalue weighted by Crippen LogP contribution is 2.34. The molecule has 0 atom stereocenters. The van der Waals surface area contributed by atoms with E-state index in [0.29, 0.717) is 96.7 Å². The van der Waals surface area contributed by atoms with E-state index in [1.165, 1.54) is 12.1 Å². The number of rotatable bonds is 13. The average molecular weight is 1050 g/mol. The normalized spacial score (nSPS) is 11.0. The standard InChI is InChI=1S/C24H24IN3O4.C21H17IN2O4.CH4/c1-3-28(4-2)15-5-8-19-21(11-15)32-22-13-20(29)17-7-6-16(12-18(17)24(22)27-19)31-10-9-26-23(30)14-25;1-24(8-9-27-20(26)12-22)13-6-7-16-18(10-13)28-19-11-17(25)14-4-2-3-5-15(14)21(19)23-16;/h5-8,11-13H,3-4,9-10,14H2,1-2H3,(H,26,30);2-7,10-11H,8-9,12H2,1H3;1H4. The van der Waals surface area contributed by atoms with Crippen LogP contribution in [0.4, 0.5) is 11.4 Å². The number of nitrogens with one attached hydrogen (secondary N) is 1. The second kappa shape index (κ2) is 20.3. The Hall–Kier alpha value is -5.56. The smallest absolute Gasteiger partial charge is 0.315 e. The van der Waals surface area contributed by atoms with Crippen LogP contribution >= 0.6 is 45.2 Å². The molecule has 4 aromatic carbocycles. The van der Waals surface area contributed by atoms with Crippen LogP contribution in [0.3, 0.4) is 0 Å². The molecular formula is C46H45I2N5O8. The van der Waals surface area contributed by atoms with Gasteiger partial charge in [-0.15, -0.1) is 0 Å². The van der Waals surface area contributed by atoms with Crippen LogP contribution in [-0.2, 0) is 14.3 Å². The summed E-state index contributed by atoms with van der Waals surface area (Å²) in [7, 11) is 1.91. The van der Waals surface area contributed by atoms with Gasteiger partial charge in [0, 0.05) is 77.3 Å². The molecule has 316 valence electrons. The number of carbonyl (C=O) groups is 2.